The van der Waals surface area contributed by atoms with Gasteiger partial charge in [0, 0.05) is 28.9 Å². The van der Waals surface area contributed by atoms with Crippen molar-refractivity contribution in [3.8, 4) is 0 Å². The number of aromatic nitrogens is 3. The third kappa shape index (κ3) is 4.40. The van der Waals surface area contributed by atoms with Gasteiger partial charge in [-0.2, -0.15) is 5.10 Å². The summed E-state index contributed by atoms with van der Waals surface area (Å²) in [6.45, 7) is 3.86. The summed E-state index contributed by atoms with van der Waals surface area (Å²) in [7, 11) is -3.65. The zero-order valence-corrected chi connectivity index (χ0v) is 18.6. The van der Waals surface area contributed by atoms with E-state index in [0.717, 1.165) is 45.8 Å². The van der Waals surface area contributed by atoms with E-state index in [4.69, 9.17) is 4.98 Å². The first-order chi connectivity index (χ1) is 15.1. The predicted molar refractivity (Wildman–Crippen MR) is 122 cm³/mol. The van der Waals surface area contributed by atoms with Crippen LogP contribution in [0, 0.1) is 19.7 Å². The first-order valence-electron chi connectivity index (χ1n) is 9.93. The average molecular weight is 456 g/mol. The largest absolute Gasteiger partial charge is 0.326 e. The number of carbonyl (C=O) groups excluding carboxylic acids is 1. The van der Waals surface area contributed by atoms with Gasteiger partial charge in [-0.15, -0.1) is 0 Å². The molecule has 8 nitrogen and oxygen atoms in total. The maximum absolute atomic E-state index is 13.8. The number of benzene rings is 2. The first-order valence-corrected chi connectivity index (χ1v) is 11.8. The van der Waals surface area contributed by atoms with E-state index in [1.54, 1.807) is 4.52 Å². The van der Waals surface area contributed by atoms with Crippen LogP contribution in [0.5, 0.6) is 0 Å². The molecule has 0 unspecified atom stereocenters. The summed E-state index contributed by atoms with van der Waals surface area (Å²) in [6, 6.07) is 11.5. The Kier molecular flexibility index (Phi) is 5.55. The van der Waals surface area contributed by atoms with Gasteiger partial charge in [-0.3, -0.25) is 9.52 Å². The van der Waals surface area contributed by atoms with E-state index in [1.807, 2.05) is 38.1 Å². The molecule has 0 saturated heterocycles. The van der Waals surface area contributed by atoms with Crippen LogP contribution in [-0.4, -0.2) is 35.2 Å². The summed E-state index contributed by atoms with van der Waals surface area (Å²) < 4.78 is 40.5. The molecule has 4 aromatic rings. The van der Waals surface area contributed by atoms with Crippen molar-refractivity contribution in [3.63, 3.8) is 0 Å². The van der Waals surface area contributed by atoms with E-state index >= 15 is 0 Å². The molecule has 0 spiro atoms. The van der Waals surface area contributed by atoms with Crippen molar-refractivity contribution >= 4 is 43.9 Å². The van der Waals surface area contributed by atoms with Crippen LogP contribution in [-0.2, 0) is 21.2 Å². The highest BCUT2D eigenvalue weighted by Crippen LogP contribution is 2.24. The summed E-state index contributed by atoms with van der Waals surface area (Å²) >= 11 is 0. The Hall–Kier alpha value is -3.53. The minimum Gasteiger partial charge on any atom is -0.326 e. The van der Waals surface area contributed by atoms with E-state index < -0.39 is 15.8 Å². The molecule has 0 radical (unpaired) electrons. The monoisotopic (exact) mass is 455 g/mol. The van der Waals surface area contributed by atoms with E-state index in [-0.39, 0.29) is 18.0 Å². The molecule has 0 aliphatic heterocycles. The Morgan fingerprint density at radius 3 is 2.66 bits per heavy atom. The van der Waals surface area contributed by atoms with Gasteiger partial charge in [-0.25, -0.2) is 22.3 Å². The number of carbonyl (C=O) groups is 1. The van der Waals surface area contributed by atoms with E-state index in [1.165, 1.54) is 12.1 Å². The van der Waals surface area contributed by atoms with E-state index in [2.05, 4.69) is 15.1 Å². The van der Waals surface area contributed by atoms with Crippen LogP contribution in [0.2, 0.25) is 0 Å². The Balaban J connectivity index is 1.52. The number of nitrogens with one attached hydrogen (secondary N) is 2. The fourth-order valence-corrected chi connectivity index (χ4v) is 4.24. The molecular weight excluding hydrogens is 433 g/mol. The van der Waals surface area contributed by atoms with Crippen LogP contribution >= 0.6 is 0 Å². The number of rotatable bonds is 6. The summed E-state index contributed by atoms with van der Waals surface area (Å²) in [5.74, 6) is -1.02. The second-order valence-electron chi connectivity index (χ2n) is 7.63. The fraction of sp³-hybridized carbons (Fsp3) is 0.227. The number of anilines is 2. The quantitative estimate of drug-likeness (QED) is 0.462. The minimum atomic E-state index is -3.65. The summed E-state index contributed by atoms with van der Waals surface area (Å²) in [5, 5.41) is 8.27. The number of aryl methyl sites for hydroxylation is 2. The summed E-state index contributed by atoms with van der Waals surface area (Å²) in [6.07, 6.45) is 1.54. The standard InChI is InChI=1S/C22H22FN5O3S/c1-13-16(14(2)28-22(24-13)17-6-4-5-7-19(17)26-28)9-11-21(29)25-15-8-10-18(23)20(12-15)27-32(3,30)31/h4-8,10,12,27H,9,11H2,1-3H3,(H,25,29). The van der Waals surface area contributed by atoms with Crippen molar-refractivity contribution in [2.45, 2.75) is 26.7 Å². The van der Waals surface area contributed by atoms with Crippen LogP contribution in [0.4, 0.5) is 15.8 Å². The molecule has 2 heterocycles. The molecule has 0 bridgehead atoms. The van der Waals surface area contributed by atoms with Gasteiger partial charge in [-0.05, 0) is 56.2 Å². The lowest BCUT2D eigenvalue weighted by molar-refractivity contribution is -0.116. The number of hydrogen-bond acceptors (Lipinski definition) is 5. The average Bonchev–Trinajstić information content (AvgIpc) is 3.08. The number of amides is 1. The van der Waals surface area contributed by atoms with Gasteiger partial charge in [0.2, 0.25) is 15.9 Å². The van der Waals surface area contributed by atoms with Gasteiger partial charge in [0.25, 0.3) is 0 Å². The van der Waals surface area contributed by atoms with Crippen molar-refractivity contribution in [1.82, 2.24) is 14.6 Å². The van der Waals surface area contributed by atoms with Crippen molar-refractivity contribution in [3.05, 3.63) is 65.2 Å². The number of hydrogen-bond donors (Lipinski definition) is 2. The first kappa shape index (κ1) is 21.7. The topological polar surface area (TPSA) is 105 Å². The second kappa shape index (κ2) is 8.19. The van der Waals surface area contributed by atoms with E-state index in [0.29, 0.717) is 12.1 Å². The number of halogens is 1. The van der Waals surface area contributed by atoms with Crippen LogP contribution in [0.1, 0.15) is 23.4 Å². The SMILES string of the molecule is Cc1nc2c3ccccc3nn2c(C)c1CCC(=O)Nc1ccc(F)c(NS(C)(=O)=O)c1. The molecule has 2 aromatic heterocycles. The lowest BCUT2D eigenvalue weighted by atomic mass is 10.1. The van der Waals surface area contributed by atoms with Crippen LogP contribution in [0.15, 0.2) is 42.5 Å². The summed E-state index contributed by atoms with van der Waals surface area (Å²) in [4.78, 5) is 17.2. The molecule has 166 valence electrons. The molecule has 4 rings (SSSR count). The normalized spacial score (nSPS) is 11.8. The maximum atomic E-state index is 13.8. The third-order valence-electron chi connectivity index (χ3n) is 5.17. The van der Waals surface area contributed by atoms with Gasteiger partial charge in [0.05, 0.1) is 17.5 Å². The maximum Gasteiger partial charge on any atom is 0.229 e. The lowest BCUT2D eigenvalue weighted by Gasteiger charge is -2.12. The number of sulfonamides is 1. The Labute approximate surface area is 184 Å². The highest BCUT2D eigenvalue weighted by Gasteiger charge is 2.15. The zero-order valence-electron chi connectivity index (χ0n) is 17.8. The number of nitrogens with zero attached hydrogens (tertiary/aromatic N) is 3. The Morgan fingerprint density at radius 2 is 1.91 bits per heavy atom. The van der Waals surface area contributed by atoms with Crippen molar-refractivity contribution in [2.24, 2.45) is 0 Å². The van der Waals surface area contributed by atoms with Gasteiger partial charge < -0.3 is 5.32 Å². The van der Waals surface area contributed by atoms with Gasteiger partial charge in [0.1, 0.15) is 5.82 Å². The molecule has 0 aliphatic carbocycles. The van der Waals surface area contributed by atoms with Crippen LogP contribution in [0.3, 0.4) is 0 Å². The molecular formula is C22H22FN5O3S. The molecule has 2 aromatic carbocycles. The molecule has 0 atom stereocenters. The van der Waals surface area contributed by atoms with Crippen molar-refractivity contribution in [2.75, 3.05) is 16.3 Å². The van der Waals surface area contributed by atoms with Crippen LogP contribution in [0.25, 0.3) is 16.6 Å². The molecule has 32 heavy (non-hydrogen) atoms. The fourth-order valence-electron chi connectivity index (χ4n) is 3.68. The lowest BCUT2D eigenvalue weighted by Crippen LogP contribution is -2.15. The second-order valence-corrected chi connectivity index (χ2v) is 9.38. The highest BCUT2D eigenvalue weighted by atomic mass is 32.2. The van der Waals surface area contributed by atoms with E-state index in [9.17, 15) is 17.6 Å². The highest BCUT2D eigenvalue weighted by molar-refractivity contribution is 7.92. The van der Waals surface area contributed by atoms with Gasteiger partial charge in [0.15, 0.2) is 5.65 Å². The molecule has 0 saturated carbocycles. The molecule has 2 N–H and O–H groups in total. The van der Waals surface area contributed by atoms with Crippen LogP contribution < -0.4 is 10.0 Å². The summed E-state index contributed by atoms with van der Waals surface area (Å²) in [5.41, 5.74) is 4.38. The smallest absolute Gasteiger partial charge is 0.229 e. The van der Waals surface area contributed by atoms with Crippen molar-refractivity contribution in [1.29, 1.82) is 0 Å². The third-order valence-corrected chi connectivity index (χ3v) is 5.76. The van der Waals surface area contributed by atoms with Crippen molar-refractivity contribution < 1.29 is 17.6 Å². The minimum absolute atomic E-state index is 0.169. The number of fused-ring (bicyclic) bond motifs is 3. The Bertz CT molecular complexity index is 1460. The predicted octanol–water partition coefficient (Wildman–Crippen LogP) is 3.58. The zero-order chi connectivity index (χ0) is 23.0. The molecule has 0 aliphatic rings. The molecule has 10 heteroatoms. The van der Waals surface area contributed by atoms with Gasteiger partial charge >= 0.3 is 0 Å². The van der Waals surface area contributed by atoms with Gasteiger partial charge in [-0.1, -0.05) is 12.1 Å². The molecule has 1 amide bonds. The Morgan fingerprint density at radius 1 is 1.16 bits per heavy atom. The molecule has 0 fully saturated rings.